The zero-order valence-electron chi connectivity index (χ0n) is 18.6. The third-order valence-electron chi connectivity index (χ3n) is 4.91. The summed E-state index contributed by atoms with van der Waals surface area (Å²) in [6.07, 6.45) is 2.97. The summed E-state index contributed by atoms with van der Waals surface area (Å²) in [4.78, 5) is 53.3. The number of hydrogen-bond acceptors (Lipinski definition) is 5. The van der Waals surface area contributed by atoms with E-state index in [1.165, 1.54) is 9.47 Å². The summed E-state index contributed by atoms with van der Waals surface area (Å²) < 4.78 is 1.29. The minimum Gasteiger partial charge on any atom is -0.383 e. The summed E-state index contributed by atoms with van der Waals surface area (Å²) in [5.41, 5.74) is 5.50. The van der Waals surface area contributed by atoms with Gasteiger partial charge in [-0.3, -0.25) is 19.1 Å². The highest BCUT2D eigenvalue weighted by atomic mass is 16.2. The number of anilines is 3. The molecule has 32 heavy (non-hydrogen) atoms. The van der Waals surface area contributed by atoms with E-state index >= 15 is 0 Å². The number of aromatic amines is 1. The summed E-state index contributed by atoms with van der Waals surface area (Å²) >= 11 is 0. The topological polar surface area (TPSA) is 142 Å². The number of para-hydroxylation sites is 1. The highest BCUT2D eigenvalue weighted by Gasteiger charge is 2.23. The van der Waals surface area contributed by atoms with E-state index in [-0.39, 0.29) is 36.9 Å². The van der Waals surface area contributed by atoms with Gasteiger partial charge < -0.3 is 21.3 Å². The third-order valence-corrected chi connectivity index (χ3v) is 4.91. The largest absolute Gasteiger partial charge is 0.383 e. The van der Waals surface area contributed by atoms with Crippen LogP contribution in [0.2, 0.25) is 0 Å². The number of carbonyl (C=O) groups excluding carboxylic acids is 2. The van der Waals surface area contributed by atoms with Crippen LogP contribution in [-0.2, 0) is 11.3 Å². The Bertz CT molecular complexity index is 1020. The number of aromatic nitrogens is 2. The van der Waals surface area contributed by atoms with Crippen LogP contribution < -0.4 is 32.5 Å². The monoisotopic (exact) mass is 444 g/mol. The van der Waals surface area contributed by atoms with Crippen LogP contribution in [-0.4, -0.2) is 34.6 Å². The summed E-state index contributed by atoms with van der Waals surface area (Å²) in [6, 6.07) is 8.50. The number of benzene rings is 1. The van der Waals surface area contributed by atoms with Gasteiger partial charge in [-0.1, -0.05) is 44.9 Å². The Morgan fingerprint density at radius 1 is 1.09 bits per heavy atom. The number of hydrogen-bond donors (Lipinski definition) is 4. The first-order chi connectivity index (χ1) is 15.4. The van der Waals surface area contributed by atoms with Gasteiger partial charge in [-0.15, -0.1) is 0 Å². The van der Waals surface area contributed by atoms with Gasteiger partial charge in [0.25, 0.3) is 5.56 Å². The Kier molecular flexibility index (Phi) is 9.52. The first-order valence-electron chi connectivity index (χ1n) is 10.9. The van der Waals surface area contributed by atoms with Crippen LogP contribution in [0.3, 0.4) is 0 Å². The van der Waals surface area contributed by atoms with Gasteiger partial charge in [-0.05, 0) is 25.0 Å². The van der Waals surface area contributed by atoms with Crippen molar-refractivity contribution in [3.05, 3.63) is 51.2 Å². The Morgan fingerprint density at radius 2 is 1.78 bits per heavy atom. The molecule has 0 saturated heterocycles. The lowest BCUT2D eigenvalue weighted by Gasteiger charge is -2.24. The van der Waals surface area contributed by atoms with E-state index in [1.807, 2.05) is 19.9 Å². The number of carbonyl (C=O) groups is 2. The maximum absolute atomic E-state index is 13.0. The fraction of sp³-hybridized carbons (Fsp3) is 0.455. The van der Waals surface area contributed by atoms with Crippen molar-refractivity contribution >= 4 is 29.1 Å². The zero-order chi connectivity index (χ0) is 23.5. The summed E-state index contributed by atoms with van der Waals surface area (Å²) in [6.45, 7) is 4.65. The van der Waals surface area contributed by atoms with Crippen molar-refractivity contribution in [2.45, 2.75) is 52.5 Å². The van der Waals surface area contributed by atoms with Gasteiger partial charge in [0.15, 0.2) is 5.69 Å². The predicted molar refractivity (Wildman–Crippen MR) is 126 cm³/mol. The normalized spacial score (nSPS) is 10.6. The summed E-state index contributed by atoms with van der Waals surface area (Å²) in [5, 5.41) is 5.31. The first kappa shape index (κ1) is 24.7. The molecule has 3 amide bonds. The van der Waals surface area contributed by atoms with Crippen molar-refractivity contribution in [3.63, 3.8) is 0 Å². The van der Waals surface area contributed by atoms with Crippen LogP contribution in [0.5, 0.6) is 0 Å². The number of nitrogens with two attached hydrogens (primary N) is 1. The molecule has 5 N–H and O–H groups in total. The van der Waals surface area contributed by atoms with Crippen LogP contribution in [0.4, 0.5) is 22.0 Å². The second-order valence-electron chi connectivity index (χ2n) is 7.39. The highest BCUT2D eigenvalue weighted by molar-refractivity contribution is 5.96. The predicted octanol–water partition coefficient (Wildman–Crippen LogP) is 2.26. The van der Waals surface area contributed by atoms with Crippen molar-refractivity contribution < 1.29 is 9.59 Å². The zero-order valence-corrected chi connectivity index (χ0v) is 18.6. The molecule has 0 spiro atoms. The summed E-state index contributed by atoms with van der Waals surface area (Å²) in [5.74, 6) is -0.386. The molecular weight excluding hydrogens is 412 g/mol. The van der Waals surface area contributed by atoms with E-state index in [0.717, 1.165) is 12.8 Å². The van der Waals surface area contributed by atoms with Gasteiger partial charge in [0, 0.05) is 31.7 Å². The van der Waals surface area contributed by atoms with Crippen molar-refractivity contribution in [1.82, 2.24) is 14.9 Å². The molecule has 10 nitrogen and oxygen atoms in total. The summed E-state index contributed by atoms with van der Waals surface area (Å²) in [7, 11) is 0. The van der Waals surface area contributed by atoms with Gasteiger partial charge in [-0.25, -0.2) is 9.59 Å². The fourth-order valence-electron chi connectivity index (χ4n) is 3.17. The molecule has 0 bridgehead atoms. The third kappa shape index (κ3) is 6.73. The number of unbranched alkanes of at least 4 members (excludes halogenated alkanes) is 2. The lowest BCUT2D eigenvalue weighted by Crippen LogP contribution is -2.42. The van der Waals surface area contributed by atoms with Crippen LogP contribution in [0.25, 0.3) is 0 Å². The molecule has 0 saturated carbocycles. The second kappa shape index (κ2) is 12.3. The molecule has 0 aliphatic heterocycles. The number of nitrogens with one attached hydrogen (secondary N) is 3. The first-order valence-corrected chi connectivity index (χ1v) is 10.9. The minimum atomic E-state index is -0.695. The number of rotatable bonds is 11. The van der Waals surface area contributed by atoms with Crippen LogP contribution in [0.1, 0.15) is 46.0 Å². The number of urea groups is 1. The van der Waals surface area contributed by atoms with Crippen molar-refractivity contribution in [1.29, 1.82) is 0 Å². The number of nitrogen functional groups attached to an aromatic ring is 1. The quantitative estimate of drug-likeness (QED) is 0.420. The van der Waals surface area contributed by atoms with E-state index in [1.54, 1.807) is 24.3 Å². The van der Waals surface area contributed by atoms with E-state index in [2.05, 4.69) is 15.6 Å². The van der Waals surface area contributed by atoms with Crippen LogP contribution in [0.15, 0.2) is 39.9 Å². The molecule has 174 valence electrons. The van der Waals surface area contributed by atoms with Gasteiger partial charge in [-0.2, -0.15) is 0 Å². The van der Waals surface area contributed by atoms with Gasteiger partial charge >= 0.3 is 11.7 Å². The standard InChI is InChI=1S/C22H32N6O4/c1-3-5-14-27(18-19(23)28(15-6-4-2)22(32)26-20(18)30)17(29)12-13-24-21(31)25-16-10-8-7-9-11-16/h7-11H,3-6,12-15,23H2,1-2H3,(H2,24,25,31)(H,26,30,32). The van der Waals surface area contributed by atoms with Gasteiger partial charge in [0.2, 0.25) is 5.91 Å². The smallest absolute Gasteiger partial charge is 0.330 e. The molecule has 1 heterocycles. The second-order valence-corrected chi connectivity index (χ2v) is 7.39. The molecule has 0 atom stereocenters. The SMILES string of the molecule is CCCCN(C(=O)CCNC(=O)Nc1ccccc1)c1c(N)n(CCCC)c(=O)[nH]c1=O. The average Bonchev–Trinajstić information content (AvgIpc) is 2.76. The molecule has 0 radical (unpaired) electrons. The Labute approximate surface area is 186 Å². The van der Waals surface area contributed by atoms with Crippen LogP contribution in [0, 0.1) is 0 Å². The number of amides is 3. The maximum Gasteiger partial charge on any atom is 0.330 e. The van der Waals surface area contributed by atoms with E-state index in [9.17, 15) is 19.2 Å². The van der Waals surface area contributed by atoms with Crippen molar-refractivity contribution in [3.8, 4) is 0 Å². The molecule has 0 aliphatic carbocycles. The molecule has 2 aromatic rings. The lowest BCUT2D eigenvalue weighted by molar-refractivity contribution is -0.118. The van der Waals surface area contributed by atoms with E-state index in [4.69, 9.17) is 5.73 Å². The van der Waals surface area contributed by atoms with Gasteiger partial charge in [0.05, 0.1) is 0 Å². The van der Waals surface area contributed by atoms with Crippen LogP contribution >= 0.6 is 0 Å². The lowest BCUT2D eigenvalue weighted by atomic mass is 10.2. The molecule has 0 aliphatic rings. The maximum atomic E-state index is 13.0. The highest BCUT2D eigenvalue weighted by Crippen LogP contribution is 2.19. The van der Waals surface area contributed by atoms with Crippen molar-refractivity contribution in [2.24, 2.45) is 0 Å². The van der Waals surface area contributed by atoms with E-state index in [0.29, 0.717) is 25.1 Å². The Balaban J connectivity index is 2.13. The molecule has 2 rings (SSSR count). The number of nitrogens with zero attached hydrogens (tertiary/aromatic N) is 2. The molecule has 0 unspecified atom stereocenters. The van der Waals surface area contributed by atoms with Gasteiger partial charge in [0.1, 0.15) is 5.82 Å². The fourth-order valence-corrected chi connectivity index (χ4v) is 3.17. The minimum absolute atomic E-state index is 0.0205. The molecule has 10 heteroatoms. The molecule has 1 aromatic carbocycles. The molecule has 0 fully saturated rings. The average molecular weight is 445 g/mol. The number of H-pyrrole nitrogens is 1. The van der Waals surface area contributed by atoms with Crippen molar-refractivity contribution in [2.75, 3.05) is 29.0 Å². The Morgan fingerprint density at radius 3 is 2.44 bits per heavy atom. The molecular formula is C22H32N6O4. The Hall–Kier alpha value is -3.56. The molecule has 1 aromatic heterocycles. The van der Waals surface area contributed by atoms with E-state index < -0.39 is 17.3 Å².